The molecule has 114 valence electrons. The van der Waals surface area contributed by atoms with Crippen LogP contribution in [0.3, 0.4) is 0 Å². The van der Waals surface area contributed by atoms with Crippen molar-refractivity contribution in [2.24, 2.45) is 5.92 Å². The molecule has 2 nitrogen and oxygen atoms in total. The van der Waals surface area contributed by atoms with Crippen molar-refractivity contribution in [1.29, 1.82) is 0 Å². The van der Waals surface area contributed by atoms with Crippen LogP contribution in [0.15, 0.2) is 18.2 Å². The largest absolute Gasteiger partial charge is 0.382 e. The lowest BCUT2D eigenvalue weighted by atomic mass is 9.78. The van der Waals surface area contributed by atoms with E-state index in [4.69, 9.17) is 0 Å². The van der Waals surface area contributed by atoms with Gasteiger partial charge in [0.1, 0.15) is 0 Å². The molecule has 2 fully saturated rings. The smallest absolute Gasteiger partial charge is 0.0376 e. The third-order valence-electron chi connectivity index (χ3n) is 5.91. The molecule has 2 heterocycles. The molecule has 0 radical (unpaired) electrons. The van der Waals surface area contributed by atoms with Gasteiger partial charge in [-0.15, -0.1) is 0 Å². The van der Waals surface area contributed by atoms with Crippen molar-refractivity contribution in [1.82, 2.24) is 0 Å². The van der Waals surface area contributed by atoms with Gasteiger partial charge in [0, 0.05) is 30.0 Å². The number of anilines is 2. The molecule has 3 unspecified atom stereocenters. The van der Waals surface area contributed by atoms with Crippen molar-refractivity contribution in [3.8, 4) is 0 Å². The normalized spacial score (nSPS) is 32.0. The highest BCUT2D eigenvalue weighted by Crippen LogP contribution is 2.39. The van der Waals surface area contributed by atoms with Gasteiger partial charge in [-0.1, -0.05) is 12.8 Å². The Kier molecular flexibility index (Phi) is 3.56. The summed E-state index contributed by atoms with van der Waals surface area (Å²) in [6, 6.07) is 8.61. The zero-order valence-electron chi connectivity index (χ0n) is 13.3. The first-order valence-corrected chi connectivity index (χ1v) is 8.97. The second kappa shape index (κ2) is 5.55. The van der Waals surface area contributed by atoms with Gasteiger partial charge < -0.3 is 10.2 Å². The molecule has 2 aliphatic heterocycles. The summed E-state index contributed by atoms with van der Waals surface area (Å²) in [7, 11) is 0. The van der Waals surface area contributed by atoms with Crippen LogP contribution in [0.1, 0.15) is 57.4 Å². The zero-order valence-corrected chi connectivity index (χ0v) is 13.3. The van der Waals surface area contributed by atoms with E-state index >= 15 is 0 Å². The molecule has 2 heteroatoms. The van der Waals surface area contributed by atoms with Crippen LogP contribution in [0, 0.1) is 5.92 Å². The average Bonchev–Trinajstić information content (AvgIpc) is 2.54. The molecular formula is C19H28N2. The summed E-state index contributed by atoms with van der Waals surface area (Å²) >= 11 is 0. The number of nitrogens with one attached hydrogen (secondary N) is 1. The van der Waals surface area contributed by atoms with Crippen molar-refractivity contribution in [3.63, 3.8) is 0 Å². The molecule has 21 heavy (non-hydrogen) atoms. The molecule has 3 aliphatic rings. The van der Waals surface area contributed by atoms with Gasteiger partial charge in [0.15, 0.2) is 0 Å². The molecule has 1 aliphatic carbocycles. The lowest BCUT2D eigenvalue weighted by molar-refractivity contribution is 0.244. The van der Waals surface area contributed by atoms with E-state index in [1.54, 1.807) is 0 Å². The minimum absolute atomic E-state index is 0.626. The Morgan fingerprint density at radius 3 is 2.86 bits per heavy atom. The van der Waals surface area contributed by atoms with Gasteiger partial charge in [-0.2, -0.15) is 0 Å². The van der Waals surface area contributed by atoms with E-state index in [2.05, 4.69) is 35.3 Å². The van der Waals surface area contributed by atoms with Crippen LogP contribution >= 0.6 is 0 Å². The first kappa shape index (κ1) is 13.5. The Hall–Kier alpha value is -1.18. The first-order chi connectivity index (χ1) is 10.3. The van der Waals surface area contributed by atoms with Crippen LogP contribution in [0.4, 0.5) is 11.4 Å². The van der Waals surface area contributed by atoms with Gasteiger partial charge in [-0.25, -0.2) is 0 Å². The quantitative estimate of drug-likeness (QED) is 0.811. The molecule has 1 aromatic rings. The molecular weight excluding hydrogens is 256 g/mol. The molecule has 1 saturated carbocycles. The summed E-state index contributed by atoms with van der Waals surface area (Å²) in [4.78, 5) is 2.74. The minimum atomic E-state index is 0.626. The first-order valence-electron chi connectivity index (χ1n) is 8.97. The standard InChI is InChI=1S/C19H28N2/c1-14-8-9-16-13-17(10-11-18(16)20-14)21-12-4-6-15-5-2-3-7-19(15)21/h10-11,13-15,19-20H,2-9,12H2,1H3. The number of nitrogens with zero attached hydrogens (tertiary/aromatic N) is 1. The van der Waals surface area contributed by atoms with E-state index in [-0.39, 0.29) is 0 Å². The van der Waals surface area contributed by atoms with E-state index in [9.17, 15) is 0 Å². The van der Waals surface area contributed by atoms with Crippen LogP contribution < -0.4 is 10.2 Å². The Morgan fingerprint density at radius 2 is 1.90 bits per heavy atom. The number of hydrogen-bond acceptors (Lipinski definition) is 2. The minimum Gasteiger partial charge on any atom is -0.382 e. The van der Waals surface area contributed by atoms with E-state index < -0.39 is 0 Å². The third-order valence-corrected chi connectivity index (χ3v) is 5.91. The van der Waals surface area contributed by atoms with Crippen molar-refractivity contribution in [2.45, 2.75) is 70.4 Å². The second-order valence-corrected chi connectivity index (χ2v) is 7.37. The van der Waals surface area contributed by atoms with Crippen molar-refractivity contribution < 1.29 is 0 Å². The Bertz CT molecular complexity index is 508. The predicted octanol–water partition coefficient (Wildman–Crippen LogP) is 4.59. The molecule has 0 aromatic heterocycles. The zero-order chi connectivity index (χ0) is 14.2. The number of rotatable bonds is 1. The average molecular weight is 284 g/mol. The fourth-order valence-electron chi connectivity index (χ4n) is 4.76. The fraction of sp³-hybridized carbons (Fsp3) is 0.684. The molecule has 1 saturated heterocycles. The van der Waals surface area contributed by atoms with Crippen LogP contribution in [0.25, 0.3) is 0 Å². The highest BCUT2D eigenvalue weighted by Gasteiger charge is 2.33. The van der Waals surface area contributed by atoms with E-state index in [1.807, 2.05) is 0 Å². The number of aryl methyl sites for hydroxylation is 1. The van der Waals surface area contributed by atoms with Crippen LogP contribution in [0.2, 0.25) is 0 Å². The monoisotopic (exact) mass is 284 g/mol. The number of fused-ring (bicyclic) bond motifs is 2. The summed E-state index contributed by atoms with van der Waals surface area (Å²) in [5, 5.41) is 3.63. The molecule has 0 bridgehead atoms. The van der Waals surface area contributed by atoms with Crippen LogP contribution in [-0.2, 0) is 6.42 Å². The van der Waals surface area contributed by atoms with E-state index in [0.29, 0.717) is 6.04 Å². The highest BCUT2D eigenvalue weighted by molar-refractivity contribution is 5.62. The summed E-state index contributed by atoms with van der Waals surface area (Å²) in [5.74, 6) is 0.960. The summed E-state index contributed by atoms with van der Waals surface area (Å²) in [5.41, 5.74) is 4.39. The Labute approximate surface area is 128 Å². The Morgan fingerprint density at radius 1 is 1.05 bits per heavy atom. The number of hydrogen-bond donors (Lipinski definition) is 1. The maximum atomic E-state index is 3.63. The molecule has 3 atom stereocenters. The summed E-state index contributed by atoms with van der Waals surface area (Å²) < 4.78 is 0. The van der Waals surface area contributed by atoms with Crippen LogP contribution in [0.5, 0.6) is 0 Å². The molecule has 0 amide bonds. The van der Waals surface area contributed by atoms with Crippen molar-refractivity contribution >= 4 is 11.4 Å². The summed E-state index contributed by atoms with van der Waals surface area (Å²) in [6.07, 6.45) is 11.1. The Balaban J connectivity index is 1.60. The topological polar surface area (TPSA) is 15.3 Å². The molecule has 4 rings (SSSR count). The lowest BCUT2D eigenvalue weighted by Crippen LogP contribution is -2.47. The lowest BCUT2D eigenvalue weighted by Gasteiger charge is -2.45. The van der Waals surface area contributed by atoms with Gasteiger partial charge in [0.2, 0.25) is 0 Å². The maximum Gasteiger partial charge on any atom is 0.0376 e. The predicted molar refractivity (Wildman–Crippen MR) is 90.2 cm³/mol. The van der Waals surface area contributed by atoms with Crippen LogP contribution in [-0.4, -0.2) is 18.6 Å². The maximum absolute atomic E-state index is 3.63. The van der Waals surface area contributed by atoms with Crippen molar-refractivity contribution in [2.75, 3.05) is 16.8 Å². The summed E-state index contributed by atoms with van der Waals surface area (Å²) in [6.45, 7) is 3.55. The van der Waals surface area contributed by atoms with Gasteiger partial charge >= 0.3 is 0 Å². The molecule has 1 aromatic carbocycles. The van der Waals surface area contributed by atoms with Gasteiger partial charge in [0.05, 0.1) is 0 Å². The highest BCUT2D eigenvalue weighted by atomic mass is 15.2. The van der Waals surface area contributed by atoms with Crippen molar-refractivity contribution in [3.05, 3.63) is 23.8 Å². The second-order valence-electron chi connectivity index (χ2n) is 7.37. The van der Waals surface area contributed by atoms with E-state index in [1.165, 1.54) is 74.8 Å². The third kappa shape index (κ3) is 2.54. The van der Waals surface area contributed by atoms with Gasteiger partial charge in [-0.05, 0) is 75.1 Å². The number of benzene rings is 1. The molecule has 0 spiro atoms. The molecule has 1 N–H and O–H groups in total. The van der Waals surface area contributed by atoms with E-state index in [0.717, 1.165) is 12.0 Å². The SMILES string of the molecule is CC1CCc2cc(N3CCCC4CCCCC43)ccc2N1. The number of piperidine rings is 1. The fourth-order valence-corrected chi connectivity index (χ4v) is 4.76. The van der Waals surface area contributed by atoms with Gasteiger partial charge in [-0.3, -0.25) is 0 Å². The van der Waals surface area contributed by atoms with Gasteiger partial charge in [0.25, 0.3) is 0 Å².